The maximum absolute atomic E-state index is 5.54. The number of rotatable bonds is 6. The van der Waals surface area contributed by atoms with Gasteiger partial charge in [0.25, 0.3) is 0 Å². The maximum Gasteiger partial charge on any atom is 0.189 e. The average molecular weight is 319 g/mol. The van der Waals surface area contributed by atoms with Crippen LogP contribution in [0.15, 0.2) is 21.7 Å². The number of nitrogens with two attached hydrogens (primary N) is 1. The van der Waals surface area contributed by atoms with E-state index in [4.69, 9.17) is 10.7 Å². The quantitative estimate of drug-likeness (QED) is 0.287. The van der Waals surface area contributed by atoms with E-state index in [0.717, 1.165) is 29.2 Å². The normalized spacial score (nSPS) is 15.8. The van der Waals surface area contributed by atoms with Crippen LogP contribution < -0.4 is 5.73 Å². The summed E-state index contributed by atoms with van der Waals surface area (Å²) in [6, 6.07) is 0.417. The average Bonchev–Trinajstić information content (AvgIpc) is 3.31. The molecule has 22 heavy (non-hydrogen) atoms. The highest BCUT2D eigenvalue weighted by Crippen LogP contribution is 2.38. The fourth-order valence-corrected chi connectivity index (χ4v) is 2.32. The Hall–Kier alpha value is -2.16. The summed E-state index contributed by atoms with van der Waals surface area (Å²) >= 11 is 1.51. The second-order valence-electron chi connectivity index (χ2n) is 4.89. The van der Waals surface area contributed by atoms with E-state index in [2.05, 4.69) is 29.8 Å². The summed E-state index contributed by atoms with van der Waals surface area (Å²) in [5.74, 6) is 1.08. The summed E-state index contributed by atoms with van der Waals surface area (Å²) in [7, 11) is 0. The number of hydrogen-bond acceptors (Lipinski definition) is 7. The molecule has 2 aromatic heterocycles. The first kappa shape index (κ1) is 14.8. The van der Waals surface area contributed by atoms with E-state index in [9.17, 15) is 0 Å². The van der Waals surface area contributed by atoms with Crippen LogP contribution in [-0.2, 0) is 4.94 Å². The Morgan fingerprint density at radius 3 is 3.05 bits per heavy atom. The summed E-state index contributed by atoms with van der Waals surface area (Å²) in [5, 5.41) is 8.20. The molecule has 0 bridgehead atoms. The van der Waals surface area contributed by atoms with Gasteiger partial charge in [-0.15, -0.1) is 0 Å². The van der Waals surface area contributed by atoms with Crippen molar-refractivity contribution in [1.82, 2.24) is 19.5 Å². The minimum absolute atomic E-state index is 0.392. The Morgan fingerprint density at radius 1 is 1.55 bits per heavy atom. The van der Waals surface area contributed by atoms with Crippen molar-refractivity contribution in [3.05, 3.63) is 12.0 Å². The molecule has 1 fully saturated rings. The van der Waals surface area contributed by atoms with Crippen LogP contribution in [0.2, 0.25) is 0 Å². The fourth-order valence-electron chi connectivity index (χ4n) is 1.99. The summed E-state index contributed by atoms with van der Waals surface area (Å²) in [6.45, 7) is 1.89. The van der Waals surface area contributed by atoms with Crippen molar-refractivity contribution in [2.75, 3.05) is 6.26 Å². The number of aromatic nitrogens is 4. The van der Waals surface area contributed by atoms with Crippen molar-refractivity contribution in [2.24, 2.45) is 16.0 Å². The topological polar surface area (TPSA) is 104 Å². The van der Waals surface area contributed by atoms with Crippen molar-refractivity contribution >= 4 is 35.0 Å². The molecule has 0 amide bonds. The van der Waals surface area contributed by atoms with E-state index < -0.39 is 0 Å². The first-order chi connectivity index (χ1) is 10.7. The Bertz CT molecular complexity index is 735. The van der Waals surface area contributed by atoms with Crippen molar-refractivity contribution < 1.29 is 4.94 Å². The molecule has 0 saturated heterocycles. The van der Waals surface area contributed by atoms with Gasteiger partial charge in [-0.3, -0.25) is 0 Å². The van der Waals surface area contributed by atoms with Gasteiger partial charge in [-0.1, -0.05) is 23.8 Å². The van der Waals surface area contributed by atoms with Crippen LogP contribution in [-0.4, -0.2) is 37.8 Å². The highest BCUT2D eigenvalue weighted by atomic mass is 32.2. The molecule has 3 rings (SSSR count). The molecule has 2 N–H and O–H groups in total. The highest BCUT2D eigenvalue weighted by molar-refractivity contribution is 7.98. The zero-order chi connectivity index (χ0) is 15.5. The van der Waals surface area contributed by atoms with Crippen molar-refractivity contribution in [2.45, 2.75) is 37.4 Å². The van der Waals surface area contributed by atoms with Gasteiger partial charge in [0.05, 0.1) is 6.20 Å². The summed E-state index contributed by atoms with van der Waals surface area (Å²) in [6.07, 6.45) is 8.07. The molecule has 0 radical (unpaired) electrons. The maximum atomic E-state index is 5.54. The number of fused-ring (bicyclic) bond motifs is 1. The minimum atomic E-state index is 0.392. The van der Waals surface area contributed by atoms with Gasteiger partial charge in [-0.25, -0.2) is 19.9 Å². The predicted molar refractivity (Wildman–Crippen MR) is 86.0 cm³/mol. The largest absolute Gasteiger partial charge is 0.384 e. The summed E-state index contributed by atoms with van der Waals surface area (Å²) < 4.78 is 2.08. The molecular weight excluding hydrogens is 302 g/mol. The first-order valence-electron chi connectivity index (χ1n) is 7.03. The zero-order valence-electron chi connectivity index (χ0n) is 12.4. The third kappa shape index (κ3) is 3.03. The predicted octanol–water partition coefficient (Wildman–Crippen LogP) is 1.92. The number of hydrogen-bond donors (Lipinski definition) is 1. The molecule has 1 aliphatic carbocycles. The van der Waals surface area contributed by atoms with Gasteiger partial charge in [0.1, 0.15) is 17.6 Å². The molecule has 0 spiro atoms. The lowest BCUT2D eigenvalue weighted by Crippen LogP contribution is -2.09. The van der Waals surface area contributed by atoms with E-state index in [1.54, 1.807) is 6.20 Å². The van der Waals surface area contributed by atoms with Crippen LogP contribution in [0.1, 0.15) is 38.1 Å². The zero-order valence-corrected chi connectivity index (χ0v) is 13.2. The molecule has 2 aromatic rings. The van der Waals surface area contributed by atoms with Crippen LogP contribution in [0.3, 0.4) is 0 Å². The lowest BCUT2D eigenvalue weighted by atomic mass is 10.5. The van der Waals surface area contributed by atoms with Gasteiger partial charge in [-0.2, -0.15) is 0 Å². The SMILES string of the molecule is CC/C(N)=N\O/N=C/c1nc2cnc(SC)nc2n1C1CC1. The second-order valence-corrected chi connectivity index (χ2v) is 5.66. The molecule has 1 saturated carbocycles. The van der Waals surface area contributed by atoms with Crippen molar-refractivity contribution in [3.63, 3.8) is 0 Å². The standard InChI is InChI=1S/C13H17N7OS/c1-3-10(14)19-21-16-7-11-17-9-6-15-13(22-2)18-12(9)20(11)8-4-5-8/h6-8H,3-5H2,1-2H3,(H2,14,19)/b16-7+. The van der Waals surface area contributed by atoms with Gasteiger partial charge in [0.2, 0.25) is 0 Å². The van der Waals surface area contributed by atoms with Crippen LogP contribution in [0, 0.1) is 0 Å². The second kappa shape index (κ2) is 6.30. The fraction of sp³-hybridized carbons (Fsp3) is 0.462. The molecule has 8 nitrogen and oxygen atoms in total. The highest BCUT2D eigenvalue weighted by Gasteiger charge is 2.28. The molecule has 0 atom stereocenters. The Balaban J connectivity index is 1.92. The molecule has 116 valence electrons. The van der Waals surface area contributed by atoms with Crippen LogP contribution >= 0.6 is 11.8 Å². The molecule has 9 heteroatoms. The van der Waals surface area contributed by atoms with Gasteiger partial charge >= 0.3 is 0 Å². The number of nitrogens with zero attached hydrogens (tertiary/aromatic N) is 6. The number of amidine groups is 1. The van der Waals surface area contributed by atoms with E-state index in [1.165, 1.54) is 18.0 Å². The van der Waals surface area contributed by atoms with E-state index >= 15 is 0 Å². The van der Waals surface area contributed by atoms with Crippen LogP contribution in [0.25, 0.3) is 11.2 Å². The molecule has 0 aliphatic heterocycles. The van der Waals surface area contributed by atoms with E-state index in [1.807, 2.05) is 13.2 Å². The molecule has 0 aromatic carbocycles. The Morgan fingerprint density at radius 2 is 2.36 bits per heavy atom. The van der Waals surface area contributed by atoms with Crippen LogP contribution in [0.4, 0.5) is 0 Å². The summed E-state index contributed by atoms with van der Waals surface area (Å²) in [5.41, 5.74) is 7.13. The summed E-state index contributed by atoms with van der Waals surface area (Å²) in [4.78, 5) is 18.1. The molecular formula is C13H17N7OS. The van der Waals surface area contributed by atoms with Gasteiger partial charge in [-0.05, 0) is 24.3 Å². The smallest absolute Gasteiger partial charge is 0.189 e. The monoisotopic (exact) mass is 319 g/mol. The molecule has 0 unspecified atom stereocenters. The van der Waals surface area contributed by atoms with Crippen LogP contribution in [0.5, 0.6) is 0 Å². The lowest BCUT2D eigenvalue weighted by Gasteiger charge is -2.03. The minimum Gasteiger partial charge on any atom is -0.384 e. The number of oxime groups is 2. The number of thioether (sulfide) groups is 1. The van der Waals surface area contributed by atoms with Crippen molar-refractivity contribution in [1.29, 1.82) is 0 Å². The third-order valence-electron chi connectivity index (χ3n) is 3.27. The van der Waals surface area contributed by atoms with E-state index in [0.29, 0.717) is 24.1 Å². The Kier molecular flexibility index (Phi) is 4.23. The van der Waals surface area contributed by atoms with Crippen molar-refractivity contribution in [3.8, 4) is 0 Å². The third-order valence-corrected chi connectivity index (χ3v) is 3.83. The van der Waals surface area contributed by atoms with Gasteiger partial charge < -0.3 is 10.3 Å². The van der Waals surface area contributed by atoms with Gasteiger partial charge in [0, 0.05) is 12.5 Å². The Labute approximate surface area is 131 Å². The van der Waals surface area contributed by atoms with E-state index in [-0.39, 0.29) is 0 Å². The number of imidazole rings is 1. The lowest BCUT2D eigenvalue weighted by molar-refractivity contribution is 0.156. The van der Waals surface area contributed by atoms with Gasteiger partial charge in [0.15, 0.2) is 16.6 Å². The first-order valence-corrected chi connectivity index (χ1v) is 8.26. The molecule has 1 aliphatic rings. The molecule has 2 heterocycles.